The Bertz CT molecular complexity index is 425. The lowest BCUT2D eigenvalue weighted by Crippen LogP contribution is -2.41. The Morgan fingerprint density at radius 3 is 2.88 bits per heavy atom. The van der Waals surface area contributed by atoms with E-state index in [2.05, 4.69) is 15.7 Å². The van der Waals surface area contributed by atoms with Gasteiger partial charge in [-0.3, -0.25) is 9.48 Å². The monoisotopic (exact) mass is 256 g/mol. The molecule has 1 aromatic rings. The minimum Gasteiger partial charge on any atom is -0.323 e. The number of rotatable bonds is 4. The number of nitrogens with zero attached hydrogens (tertiary/aromatic N) is 2. The molecule has 0 bridgehead atoms. The second kappa shape index (κ2) is 5.06. The number of aromatic nitrogens is 2. The molecule has 0 atom stereocenters. The number of amides is 1. The number of nitrogens with one attached hydrogen (secondary N) is 2. The number of alkyl halides is 1. The molecule has 17 heavy (non-hydrogen) atoms. The van der Waals surface area contributed by atoms with Crippen LogP contribution in [0.15, 0.2) is 0 Å². The minimum atomic E-state index is -0.0513. The summed E-state index contributed by atoms with van der Waals surface area (Å²) in [6.07, 6.45) is 0.332. The molecule has 0 aromatic carbocycles. The Morgan fingerprint density at radius 1 is 1.65 bits per heavy atom. The molecule has 6 heteroatoms. The van der Waals surface area contributed by atoms with Crippen molar-refractivity contribution in [3.63, 3.8) is 0 Å². The topological polar surface area (TPSA) is 59.0 Å². The van der Waals surface area contributed by atoms with Crippen LogP contribution < -0.4 is 10.6 Å². The van der Waals surface area contributed by atoms with E-state index in [9.17, 15) is 4.79 Å². The van der Waals surface area contributed by atoms with E-state index < -0.39 is 0 Å². The van der Waals surface area contributed by atoms with Crippen LogP contribution in [0.5, 0.6) is 0 Å². The third-order valence-corrected chi connectivity index (χ3v) is 3.21. The van der Waals surface area contributed by atoms with Gasteiger partial charge in [0.05, 0.1) is 17.1 Å². The van der Waals surface area contributed by atoms with E-state index in [-0.39, 0.29) is 5.91 Å². The standard InChI is InChI=1S/C11H17ClN4O/c1-7-10(14-9(17)3-4-12)11(16(2)15-7)8-5-13-6-8/h8,13H,3-6H2,1-2H3,(H,14,17). The second-order valence-corrected chi connectivity index (χ2v) is 4.69. The number of aryl methyl sites for hydroxylation is 2. The molecule has 0 saturated carbocycles. The zero-order valence-electron chi connectivity index (χ0n) is 10.1. The summed E-state index contributed by atoms with van der Waals surface area (Å²) < 4.78 is 1.86. The van der Waals surface area contributed by atoms with Crippen molar-refractivity contribution in [2.24, 2.45) is 7.05 Å². The molecule has 0 radical (unpaired) electrons. The quantitative estimate of drug-likeness (QED) is 0.790. The van der Waals surface area contributed by atoms with Gasteiger partial charge in [0.2, 0.25) is 5.91 Å². The summed E-state index contributed by atoms with van der Waals surface area (Å²) in [6.45, 7) is 3.79. The third-order valence-electron chi connectivity index (χ3n) is 3.02. The maximum Gasteiger partial charge on any atom is 0.225 e. The molecule has 1 saturated heterocycles. The predicted molar refractivity (Wildman–Crippen MR) is 67.5 cm³/mol. The van der Waals surface area contributed by atoms with Crippen molar-refractivity contribution >= 4 is 23.2 Å². The summed E-state index contributed by atoms with van der Waals surface area (Å²) >= 11 is 5.56. The zero-order chi connectivity index (χ0) is 12.4. The van der Waals surface area contributed by atoms with Gasteiger partial charge in [-0.25, -0.2) is 0 Å². The second-order valence-electron chi connectivity index (χ2n) is 4.31. The van der Waals surface area contributed by atoms with Gasteiger partial charge in [0, 0.05) is 38.4 Å². The maximum atomic E-state index is 11.6. The molecule has 94 valence electrons. The Labute approximate surface area is 106 Å². The first-order chi connectivity index (χ1) is 8.13. The molecule has 0 aliphatic carbocycles. The number of anilines is 1. The van der Waals surface area contributed by atoms with Gasteiger partial charge in [-0.05, 0) is 6.92 Å². The molecular weight excluding hydrogens is 240 g/mol. The molecule has 1 fully saturated rings. The average Bonchev–Trinajstić information content (AvgIpc) is 2.43. The normalized spacial score (nSPS) is 15.7. The summed E-state index contributed by atoms with van der Waals surface area (Å²) in [7, 11) is 1.91. The van der Waals surface area contributed by atoms with E-state index >= 15 is 0 Å². The van der Waals surface area contributed by atoms with Crippen molar-refractivity contribution in [2.45, 2.75) is 19.3 Å². The van der Waals surface area contributed by atoms with Crippen LogP contribution in [0, 0.1) is 6.92 Å². The predicted octanol–water partition coefficient (Wildman–Crippen LogP) is 0.983. The molecule has 0 spiro atoms. The summed E-state index contributed by atoms with van der Waals surface area (Å²) in [5.41, 5.74) is 2.82. The molecule has 1 aliphatic heterocycles. The van der Waals surface area contributed by atoms with Gasteiger partial charge in [0.25, 0.3) is 0 Å². The lowest BCUT2D eigenvalue weighted by Gasteiger charge is -2.28. The van der Waals surface area contributed by atoms with E-state index in [0.29, 0.717) is 18.2 Å². The van der Waals surface area contributed by atoms with E-state index in [4.69, 9.17) is 11.6 Å². The van der Waals surface area contributed by atoms with Crippen LogP contribution in [-0.4, -0.2) is 34.7 Å². The molecule has 1 aliphatic rings. The third kappa shape index (κ3) is 2.45. The molecule has 2 N–H and O–H groups in total. The van der Waals surface area contributed by atoms with Crippen molar-refractivity contribution in [3.8, 4) is 0 Å². The molecule has 5 nitrogen and oxygen atoms in total. The van der Waals surface area contributed by atoms with Crippen LogP contribution in [0.4, 0.5) is 5.69 Å². The Hall–Kier alpha value is -1.07. The Morgan fingerprint density at radius 2 is 2.35 bits per heavy atom. The van der Waals surface area contributed by atoms with Gasteiger partial charge >= 0.3 is 0 Å². The largest absolute Gasteiger partial charge is 0.323 e. The Kier molecular flexibility index (Phi) is 3.69. The molecule has 0 unspecified atom stereocenters. The van der Waals surface area contributed by atoms with Crippen LogP contribution in [0.2, 0.25) is 0 Å². The molecular formula is C11H17ClN4O. The number of hydrogen-bond acceptors (Lipinski definition) is 3. The number of halogens is 1. The summed E-state index contributed by atoms with van der Waals surface area (Å²) in [4.78, 5) is 11.6. The smallest absolute Gasteiger partial charge is 0.225 e. The number of carbonyl (C=O) groups excluding carboxylic acids is 1. The molecule has 2 heterocycles. The highest BCUT2D eigenvalue weighted by molar-refractivity contribution is 6.19. The van der Waals surface area contributed by atoms with Crippen molar-refractivity contribution in [3.05, 3.63) is 11.4 Å². The van der Waals surface area contributed by atoms with Gasteiger partial charge < -0.3 is 10.6 Å². The molecule has 1 amide bonds. The highest BCUT2D eigenvalue weighted by atomic mass is 35.5. The first-order valence-corrected chi connectivity index (χ1v) is 6.27. The van der Waals surface area contributed by atoms with E-state index in [1.165, 1.54) is 0 Å². The van der Waals surface area contributed by atoms with Crippen LogP contribution in [-0.2, 0) is 11.8 Å². The number of hydrogen-bond donors (Lipinski definition) is 2. The first kappa shape index (κ1) is 12.4. The fourth-order valence-corrected chi connectivity index (χ4v) is 2.24. The fourth-order valence-electron chi connectivity index (χ4n) is 2.07. The molecule has 1 aromatic heterocycles. The van der Waals surface area contributed by atoms with Gasteiger partial charge in [-0.2, -0.15) is 5.10 Å². The van der Waals surface area contributed by atoms with Crippen molar-refractivity contribution < 1.29 is 4.79 Å². The van der Waals surface area contributed by atoms with Crippen LogP contribution in [0.25, 0.3) is 0 Å². The van der Waals surface area contributed by atoms with Crippen molar-refractivity contribution in [1.29, 1.82) is 0 Å². The van der Waals surface area contributed by atoms with Gasteiger partial charge in [0.15, 0.2) is 0 Å². The van der Waals surface area contributed by atoms with Crippen LogP contribution in [0.3, 0.4) is 0 Å². The summed E-state index contributed by atoms with van der Waals surface area (Å²) in [5, 5.41) is 10.5. The lowest BCUT2D eigenvalue weighted by molar-refractivity contribution is -0.115. The Balaban J connectivity index is 2.22. The highest BCUT2D eigenvalue weighted by Crippen LogP contribution is 2.29. The lowest BCUT2D eigenvalue weighted by atomic mass is 9.97. The van der Waals surface area contributed by atoms with Crippen LogP contribution >= 0.6 is 11.6 Å². The minimum absolute atomic E-state index is 0.0513. The molecule has 2 rings (SSSR count). The maximum absolute atomic E-state index is 11.6. The summed E-state index contributed by atoms with van der Waals surface area (Å²) in [5.74, 6) is 0.725. The van der Waals surface area contributed by atoms with Crippen molar-refractivity contribution in [2.75, 3.05) is 24.3 Å². The van der Waals surface area contributed by atoms with E-state index in [0.717, 1.165) is 30.2 Å². The zero-order valence-corrected chi connectivity index (χ0v) is 10.8. The van der Waals surface area contributed by atoms with Gasteiger partial charge in [-0.1, -0.05) is 0 Å². The van der Waals surface area contributed by atoms with Crippen LogP contribution in [0.1, 0.15) is 23.7 Å². The average molecular weight is 257 g/mol. The van der Waals surface area contributed by atoms with E-state index in [1.807, 2.05) is 18.7 Å². The number of carbonyl (C=O) groups is 1. The summed E-state index contributed by atoms with van der Waals surface area (Å²) in [6, 6.07) is 0. The van der Waals surface area contributed by atoms with Crippen molar-refractivity contribution in [1.82, 2.24) is 15.1 Å². The van der Waals surface area contributed by atoms with E-state index in [1.54, 1.807) is 0 Å². The van der Waals surface area contributed by atoms with Gasteiger partial charge in [0.1, 0.15) is 0 Å². The SMILES string of the molecule is Cc1nn(C)c(C2CNC2)c1NC(=O)CCCl. The fraction of sp³-hybridized carbons (Fsp3) is 0.636. The van der Waals surface area contributed by atoms with Gasteiger partial charge in [-0.15, -0.1) is 11.6 Å². The highest BCUT2D eigenvalue weighted by Gasteiger charge is 2.27. The first-order valence-electron chi connectivity index (χ1n) is 5.73.